The summed E-state index contributed by atoms with van der Waals surface area (Å²) in [7, 11) is 0. The number of hydrogen-bond donors (Lipinski definition) is 1. The lowest BCUT2D eigenvalue weighted by atomic mass is 10.1. The number of fused-ring (bicyclic) bond motifs is 1. The van der Waals surface area contributed by atoms with Gasteiger partial charge >= 0.3 is 6.09 Å². The van der Waals surface area contributed by atoms with Crippen molar-refractivity contribution < 1.29 is 14.6 Å². The summed E-state index contributed by atoms with van der Waals surface area (Å²) in [5, 5.41) is 8.88. The molecule has 0 spiro atoms. The molecule has 2 aliphatic rings. The predicted octanol–water partition coefficient (Wildman–Crippen LogP) is 2.37. The fraction of sp³-hybridized carbons (Fsp3) is 0.500. The fourth-order valence-corrected chi connectivity index (χ4v) is 2.87. The Labute approximate surface area is 106 Å². The first-order chi connectivity index (χ1) is 8.66. The van der Waals surface area contributed by atoms with Crippen molar-refractivity contribution in [1.29, 1.82) is 0 Å². The van der Waals surface area contributed by atoms with Gasteiger partial charge in [-0.2, -0.15) is 0 Å². The molecular weight excluding hydrogens is 230 g/mol. The van der Waals surface area contributed by atoms with Crippen molar-refractivity contribution >= 4 is 6.09 Å². The molecule has 0 aromatic heterocycles. The van der Waals surface area contributed by atoms with Crippen molar-refractivity contribution in [2.75, 3.05) is 13.1 Å². The van der Waals surface area contributed by atoms with Crippen LogP contribution in [0.15, 0.2) is 30.3 Å². The van der Waals surface area contributed by atoms with Crippen molar-refractivity contribution in [3.63, 3.8) is 0 Å². The van der Waals surface area contributed by atoms with Gasteiger partial charge < -0.3 is 14.7 Å². The van der Waals surface area contributed by atoms with E-state index in [0.717, 1.165) is 0 Å². The minimum absolute atomic E-state index is 0.0834. The zero-order chi connectivity index (χ0) is 12.7. The van der Waals surface area contributed by atoms with Gasteiger partial charge in [0.2, 0.25) is 0 Å². The molecule has 3 unspecified atom stereocenters. The number of amides is 1. The molecule has 1 aliphatic carbocycles. The topological polar surface area (TPSA) is 49.8 Å². The number of carboxylic acid groups (broad SMARTS) is 1. The van der Waals surface area contributed by atoms with E-state index in [9.17, 15) is 4.79 Å². The highest BCUT2D eigenvalue weighted by molar-refractivity contribution is 5.65. The molecule has 1 aromatic rings. The minimum Gasteiger partial charge on any atom is -0.465 e. The van der Waals surface area contributed by atoms with Gasteiger partial charge in [0.15, 0.2) is 0 Å². The predicted molar refractivity (Wildman–Crippen MR) is 66.3 cm³/mol. The first-order valence-electron chi connectivity index (χ1n) is 6.35. The molecule has 1 heterocycles. The lowest BCUT2D eigenvalue weighted by molar-refractivity contribution is 0.0253. The highest BCUT2D eigenvalue weighted by Gasteiger charge is 2.58. The molecule has 96 valence electrons. The Bertz CT molecular complexity index is 436. The van der Waals surface area contributed by atoms with Crippen LogP contribution in [0, 0.1) is 11.8 Å². The molecule has 3 rings (SSSR count). The van der Waals surface area contributed by atoms with Crippen LogP contribution < -0.4 is 0 Å². The summed E-state index contributed by atoms with van der Waals surface area (Å²) in [5.41, 5.74) is 1.18. The molecule has 1 N–H and O–H groups in total. The SMILES string of the molecule is CC(OC1C2CN(C(=O)O)CC21)c1ccccc1. The highest BCUT2D eigenvalue weighted by atomic mass is 16.5. The maximum atomic E-state index is 10.8. The van der Waals surface area contributed by atoms with Crippen molar-refractivity contribution in [2.24, 2.45) is 11.8 Å². The third kappa shape index (κ3) is 1.97. The summed E-state index contributed by atoms with van der Waals surface area (Å²) in [6.45, 7) is 3.32. The number of benzene rings is 1. The van der Waals surface area contributed by atoms with Gasteiger partial charge in [-0.05, 0) is 12.5 Å². The van der Waals surface area contributed by atoms with Gasteiger partial charge in [-0.3, -0.25) is 0 Å². The Morgan fingerprint density at radius 1 is 1.33 bits per heavy atom. The number of likely N-dealkylation sites (tertiary alicyclic amines) is 1. The van der Waals surface area contributed by atoms with E-state index in [-0.39, 0.29) is 12.2 Å². The number of nitrogens with zero attached hydrogens (tertiary/aromatic N) is 1. The molecule has 4 heteroatoms. The third-order valence-corrected chi connectivity index (χ3v) is 4.02. The number of carbonyl (C=O) groups is 1. The quantitative estimate of drug-likeness (QED) is 0.892. The van der Waals surface area contributed by atoms with E-state index in [4.69, 9.17) is 9.84 Å². The van der Waals surface area contributed by atoms with Crippen LogP contribution in [0.3, 0.4) is 0 Å². The average molecular weight is 247 g/mol. The average Bonchev–Trinajstić information content (AvgIpc) is 2.84. The lowest BCUT2D eigenvalue weighted by Gasteiger charge is -2.19. The third-order valence-electron chi connectivity index (χ3n) is 4.02. The molecule has 2 fully saturated rings. The smallest absolute Gasteiger partial charge is 0.407 e. The normalized spacial score (nSPS) is 30.9. The van der Waals surface area contributed by atoms with Crippen LogP contribution in [0.4, 0.5) is 4.79 Å². The van der Waals surface area contributed by atoms with Gasteiger partial charge in [-0.15, -0.1) is 0 Å². The molecule has 0 radical (unpaired) electrons. The van der Waals surface area contributed by atoms with E-state index in [2.05, 4.69) is 19.1 Å². The molecule has 4 nitrogen and oxygen atoms in total. The van der Waals surface area contributed by atoms with E-state index < -0.39 is 6.09 Å². The highest BCUT2D eigenvalue weighted by Crippen LogP contribution is 2.49. The van der Waals surface area contributed by atoms with Crippen LogP contribution in [0.1, 0.15) is 18.6 Å². The van der Waals surface area contributed by atoms with Crippen LogP contribution in [-0.4, -0.2) is 35.3 Å². The maximum absolute atomic E-state index is 10.8. The second-order valence-electron chi connectivity index (χ2n) is 5.17. The number of piperidine rings is 1. The van der Waals surface area contributed by atoms with Gasteiger partial charge in [0, 0.05) is 24.9 Å². The Kier molecular flexibility index (Phi) is 2.74. The molecule has 1 amide bonds. The van der Waals surface area contributed by atoms with Crippen LogP contribution in [0.2, 0.25) is 0 Å². The first-order valence-corrected chi connectivity index (χ1v) is 6.35. The Morgan fingerprint density at radius 2 is 1.94 bits per heavy atom. The second kappa shape index (κ2) is 4.28. The van der Waals surface area contributed by atoms with Crippen molar-refractivity contribution in [1.82, 2.24) is 4.90 Å². The summed E-state index contributed by atoms with van der Waals surface area (Å²) in [6, 6.07) is 10.1. The Hall–Kier alpha value is -1.55. The summed E-state index contributed by atoms with van der Waals surface area (Å²) >= 11 is 0. The largest absolute Gasteiger partial charge is 0.465 e. The summed E-state index contributed by atoms with van der Waals surface area (Å²) in [4.78, 5) is 12.3. The Morgan fingerprint density at radius 3 is 2.50 bits per heavy atom. The van der Waals surface area contributed by atoms with E-state index >= 15 is 0 Å². The van der Waals surface area contributed by atoms with Crippen LogP contribution >= 0.6 is 0 Å². The standard InChI is InChI=1S/C14H17NO3/c1-9(10-5-3-2-4-6-10)18-13-11-7-15(14(16)17)8-12(11)13/h2-6,9,11-13H,7-8H2,1H3,(H,16,17). The van der Waals surface area contributed by atoms with Gasteiger partial charge in [-0.1, -0.05) is 30.3 Å². The van der Waals surface area contributed by atoms with Crippen LogP contribution in [0.5, 0.6) is 0 Å². The van der Waals surface area contributed by atoms with Gasteiger partial charge in [-0.25, -0.2) is 4.79 Å². The molecule has 1 aromatic carbocycles. The summed E-state index contributed by atoms with van der Waals surface area (Å²) < 4.78 is 6.02. The molecular formula is C14H17NO3. The molecule has 0 bridgehead atoms. The van der Waals surface area contributed by atoms with E-state index in [0.29, 0.717) is 24.9 Å². The van der Waals surface area contributed by atoms with E-state index in [1.165, 1.54) is 10.5 Å². The van der Waals surface area contributed by atoms with Crippen molar-refractivity contribution in [2.45, 2.75) is 19.1 Å². The number of rotatable bonds is 3. The van der Waals surface area contributed by atoms with E-state index in [1.807, 2.05) is 18.2 Å². The van der Waals surface area contributed by atoms with Crippen molar-refractivity contribution in [3.05, 3.63) is 35.9 Å². The van der Waals surface area contributed by atoms with Crippen molar-refractivity contribution in [3.8, 4) is 0 Å². The van der Waals surface area contributed by atoms with Gasteiger partial charge in [0.1, 0.15) is 0 Å². The zero-order valence-corrected chi connectivity index (χ0v) is 10.3. The Balaban J connectivity index is 1.54. The fourth-order valence-electron chi connectivity index (χ4n) is 2.87. The maximum Gasteiger partial charge on any atom is 0.407 e. The number of ether oxygens (including phenoxy) is 1. The number of hydrogen-bond acceptors (Lipinski definition) is 2. The monoisotopic (exact) mass is 247 g/mol. The van der Waals surface area contributed by atoms with Gasteiger partial charge in [0.25, 0.3) is 0 Å². The summed E-state index contributed by atoms with van der Waals surface area (Å²) in [6.07, 6.45) is -0.479. The zero-order valence-electron chi connectivity index (χ0n) is 10.3. The lowest BCUT2D eigenvalue weighted by Crippen LogP contribution is -2.31. The molecule has 3 atom stereocenters. The van der Waals surface area contributed by atoms with Gasteiger partial charge in [0.05, 0.1) is 12.2 Å². The molecule has 1 aliphatic heterocycles. The molecule has 18 heavy (non-hydrogen) atoms. The van der Waals surface area contributed by atoms with E-state index in [1.54, 1.807) is 0 Å². The van der Waals surface area contributed by atoms with Crippen LogP contribution in [-0.2, 0) is 4.74 Å². The summed E-state index contributed by atoms with van der Waals surface area (Å²) in [5.74, 6) is 0.819. The van der Waals surface area contributed by atoms with Crippen LogP contribution in [0.25, 0.3) is 0 Å². The minimum atomic E-state index is -0.808. The molecule has 1 saturated carbocycles. The first kappa shape index (κ1) is 11.5. The second-order valence-corrected chi connectivity index (χ2v) is 5.17. The molecule has 1 saturated heterocycles.